The molecular formula is C14H8Cl2N2OS. The molecule has 0 saturated heterocycles. The summed E-state index contributed by atoms with van der Waals surface area (Å²) in [6.45, 7) is 0. The third-order valence-electron chi connectivity index (χ3n) is 2.78. The zero-order valence-electron chi connectivity index (χ0n) is 10.1. The van der Waals surface area contributed by atoms with Crippen molar-refractivity contribution in [2.24, 2.45) is 0 Å². The van der Waals surface area contributed by atoms with Crippen molar-refractivity contribution in [2.75, 3.05) is 0 Å². The fourth-order valence-corrected chi connectivity index (χ4v) is 3.10. The molecule has 0 fully saturated rings. The summed E-state index contributed by atoms with van der Waals surface area (Å²) >= 11 is 13.6. The predicted octanol–water partition coefficient (Wildman–Crippen LogP) is 4.72. The van der Waals surface area contributed by atoms with Gasteiger partial charge in [-0.05, 0) is 29.6 Å². The van der Waals surface area contributed by atoms with Gasteiger partial charge in [-0.2, -0.15) is 5.10 Å². The van der Waals surface area contributed by atoms with Crippen molar-refractivity contribution in [1.29, 1.82) is 0 Å². The molecule has 100 valence electrons. The number of thiophene rings is 1. The molecule has 0 radical (unpaired) electrons. The van der Waals surface area contributed by atoms with Crippen molar-refractivity contribution in [3.63, 3.8) is 0 Å². The molecule has 0 bridgehead atoms. The maximum Gasteiger partial charge on any atom is 0.153 e. The molecule has 20 heavy (non-hydrogen) atoms. The van der Waals surface area contributed by atoms with Crippen LogP contribution in [0.25, 0.3) is 16.3 Å². The lowest BCUT2D eigenvalue weighted by Gasteiger charge is -2.04. The molecule has 0 spiro atoms. The molecule has 0 aliphatic rings. The Balaban J connectivity index is 2.14. The van der Waals surface area contributed by atoms with Gasteiger partial charge in [0.1, 0.15) is 5.69 Å². The Morgan fingerprint density at radius 3 is 2.75 bits per heavy atom. The van der Waals surface area contributed by atoms with Gasteiger partial charge in [0.05, 0.1) is 21.2 Å². The van der Waals surface area contributed by atoms with Crippen LogP contribution in [0, 0.1) is 0 Å². The van der Waals surface area contributed by atoms with Gasteiger partial charge in [0.25, 0.3) is 0 Å². The molecule has 0 aliphatic heterocycles. The number of hydrogen-bond acceptors (Lipinski definition) is 3. The van der Waals surface area contributed by atoms with E-state index in [9.17, 15) is 4.79 Å². The van der Waals surface area contributed by atoms with E-state index in [1.54, 1.807) is 29.1 Å². The second-order valence-electron chi connectivity index (χ2n) is 4.07. The van der Waals surface area contributed by atoms with Gasteiger partial charge >= 0.3 is 0 Å². The van der Waals surface area contributed by atoms with Crippen molar-refractivity contribution in [2.45, 2.75) is 0 Å². The Hall–Kier alpha value is -1.62. The van der Waals surface area contributed by atoms with Crippen LogP contribution in [0.3, 0.4) is 0 Å². The van der Waals surface area contributed by atoms with Crippen molar-refractivity contribution >= 4 is 40.8 Å². The van der Waals surface area contributed by atoms with Gasteiger partial charge < -0.3 is 0 Å². The molecule has 0 amide bonds. The Morgan fingerprint density at radius 1 is 1.25 bits per heavy atom. The summed E-state index contributed by atoms with van der Waals surface area (Å²) in [4.78, 5) is 12.1. The van der Waals surface area contributed by atoms with E-state index in [1.165, 1.54) is 11.3 Å². The van der Waals surface area contributed by atoms with Crippen LogP contribution in [-0.2, 0) is 0 Å². The van der Waals surface area contributed by atoms with Crippen LogP contribution in [0.15, 0.2) is 41.9 Å². The van der Waals surface area contributed by atoms with Crippen molar-refractivity contribution < 1.29 is 4.79 Å². The number of nitrogens with zero attached hydrogens (tertiary/aromatic N) is 2. The van der Waals surface area contributed by atoms with Gasteiger partial charge in [0.15, 0.2) is 6.29 Å². The topological polar surface area (TPSA) is 34.9 Å². The number of hydrogen-bond donors (Lipinski definition) is 0. The number of halogens is 2. The van der Waals surface area contributed by atoms with E-state index < -0.39 is 0 Å². The molecule has 3 aromatic rings. The first kappa shape index (κ1) is 13.4. The third-order valence-corrected chi connectivity index (χ3v) is 4.20. The molecule has 2 heterocycles. The highest BCUT2D eigenvalue weighted by molar-refractivity contribution is 7.13. The zero-order valence-corrected chi connectivity index (χ0v) is 12.4. The fourth-order valence-electron chi connectivity index (χ4n) is 1.87. The molecule has 0 N–H and O–H groups in total. The van der Waals surface area contributed by atoms with Crippen molar-refractivity contribution in [3.05, 3.63) is 57.5 Å². The number of rotatable bonds is 3. The predicted molar refractivity (Wildman–Crippen MR) is 82.3 cm³/mol. The van der Waals surface area contributed by atoms with Crippen LogP contribution in [0.1, 0.15) is 10.4 Å². The first-order valence-corrected chi connectivity index (χ1v) is 7.37. The van der Waals surface area contributed by atoms with Gasteiger partial charge in [-0.15, -0.1) is 11.3 Å². The normalized spacial score (nSPS) is 10.7. The minimum Gasteiger partial charge on any atom is -0.298 e. The lowest BCUT2D eigenvalue weighted by atomic mass is 10.2. The van der Waals surface area contributed by atoms with E-state index in [0.717, 1.165) is 11.2 Å². The molecular weight excluding hydrogens is 315 g/mol. The number of carbonyl (C=O) groups is 1. The summed E-state index contributed by atoms with van der Waals surface area (Å²) in [5.41, 5.74) is 1.86. The minimum absolute atomic E-state index is 0.482. The number of carbonyl (C=O) groups excluding carboxylic acids is 1. The summed E-state index contributed by atoms with van der Waals surface area (Å²) in [7, 11) is 0. The molecule has 0 saturated carbocycles. The summed E-state index contributed by atoms with van der Waals surface area (Å²) < 4.78 is 1.59. The summed E-state index contributed by atoms with van der Waals surface area (Å²) in [5.74, 6) is 0. The molecule has 3 rings (SSSR count). The van der Waals surface area contributed by atoms with E-state index in [-0.39, 0.29) is 0 Å². The molecule has 0 unspecified atom stereocenters. The maximum absolute atomic E-state index is 11.2. The first-order chi connectivity index (χ1) is 9.69. The molecule has 3 nitrogen and oxygen atoms in total. The van der Waals surface area contributed by atoms with Gasteiger partial charge in [-0.3, -0.25) is 4.79 Å². The largest absolute Gasteiger partial charge is 0.298 e. The zero-order chi connectivity index (χ0) is 14.1. The van der Waals surface area contributed by atoms with E-state index in [0.29, 0.717) is 27.0 Å². The minimum atomic E-state index is 0.482. The highest BCUT2D eigenvalue weighted by atomic mass is 35.5. The number of benzene rings is 1. The van der Waals surface area contributed by atoms with E-state index in [4.69, 9.17) is 23.2 Å². The summed E-state index contributed by atoms with van der Waals surface area (Å²) in [6, 6.07) is 8.99. The third kappa shape index (κ3) is 2.38. The van der Waals surface area contributed by atoms with Crippen molar-refractivity contribution in [3.8, 4) is 16.3 Å². The quantitative estimate of drug-likeness (QED) is 0.654. The Bertz CT molecular complexity index is 766. The number of aromatic nitrogens is 2. The average molecular weight is 323 g/mol. The summed E-state index contributed by atoms with van der Waals surface area (Å²) in [6.07, 6.45) is 2.46. The van der Waals surface area contributed by atoms with Crippen molar-refractivity contribution in [1.82, 2.24) is 9.78 Å². The summed E-state index contributed by atoms with van der Waals surface area (Å²) in [5, 5.41) is 7.43. The Morgan fingerprint density at radius 2 is 2.10 bits per heavy atom. The highest BCUT2D eigenvalue weighted by Crippen LogP contribution is 2.29. The first-order valence-electron chi connectivity index (χ1n) is 5.73. The molecule has 2 aromatic heterocycles. The van der Waals surface area contributed by atoms with Gasteiger partial charge in [0, 0.05) is 11.2 Å². The average Bonchev–Trinajstić information content (AvgIpc) is 3.07. The Kier molecular flexibility index (Phi) is 3.61. The van der Waals surface area contributed by atoms with Gasteiger partial charge in [0.2, 0.25) is 0 Å². The van der Waals surface area contributed by atoms with Crippen LogP contribution < -0.4 is 0 Å². The fraction of sp³-hybridized carbons (Fsp3) is 0. The maximum atomic E-state index is 11.2. The molecule has 0 atom stereocenters. The van der Waals surface area contributed by atoms with Gasteiger partial charge in [-0.25, -0.2) is 4.68 Å². The van der Waals surface area contributed by atoms with Crippen LogP contribution in [0.5, 0.6) is 0 Å². The van der Waals surface area contributed by atoms with E-state index >= 15 is 0 Å². The molecule has 1 aromatic carbocycles. The van der Waals surface area contributed by atoms with Crippen LogP contribution >= 0.6 is 34.5 Å². The van der Waals surface area contributed by atoms with E-state index in [1.807, 2.05) is 17.5 Å². The highest BCUT2D eigenvalue weighted by Gasteiger charge is 2.14. The second-order valence-corrected chi connectivity index (χ2v) is 5.86. The monoisotopic (exact) mass is 322 g/mol. The molecule has 0 aliphatic carbocycles. The standard InChI is InChI=1S/C14H8Cl2N2OS/c15-10-3-4-12(11(16)6-10)18-7-9(8-19)14(17-18)13-2-1-5-20-13/h1-8H. The second kappa shape index (κ2) is 5.40. The Labute approximate surface area is 129 Å². The van der Waals surface area contributed by atoms with Crippen LogP contribution in [0.4, 0.5) is 0 Å². The van der Waals surface area contributed by atoms with Crippen LogP contribution in [0.2, 0.25) is 10.0 Å². The van der Waals surface area contributed by atoms with Gasteiger partial charge in [-0.1, -0.05) is 29.3 Å². The lowest BCUT2D eigenvalue weighted by Crippen LogP contribution is -1.95. The SMILES string of the molecule is O=Cc1cn(-c2ccc(Cl)cc2Cl)nc1-c1cccs1. The lowest BCUT2D eigenvalue weighted by molar-refractivity contribution is 0.112. The number of aldehydes is 1. The van der Waals surface area contributed by atoms with Crippen LogP contribution in [-0.4, -0.2) is 16.1 Å². The molecule has 6 heteroatoms. The van der Waals surface area contributed by atoms with E-state index in [2.05, 4.69) is 5.10 Å². The smallest absolute Gasteiger partial charge is 0.153 e.